The minimum Gasteiger partial charge on any atom is -0.550 e. The molecule has 1 amide bonds. The van der Waals surface area contributed by atoms with Gasteiger partial charge in [0.05, 0.1) is 17.4 Å². The average molecular weight is 332 g/mol. The van der Waals surface area contributed by atoms with Crippen molar-refractivity contribution >= 4 is 40.3 Å². The van der Waals surface area contributed by atoms with Crippen molar-refractivity contribution in [2.45, 2.75) is 44.9 Å². The van der Waals surface area contributed by atoms with Crippen LogP contribution in [0.15, 0.2) is 18.2 Å². The molecule has 0 radical (unpaired) electrons. The third kappa shape index (κ3) is 3.67. The fourth-order valence-corrected chi connectivity index (χ4v) is 4.02. The second-order valence-corrected chi connectivity index (χ2v) is 6.80. The van der Waals surface area contributed by atoms with Gasteiger partial charge in [0.1, 0.15) is 11.0 Å². The Hall–Kier alpha value is -2.02. The van der Waals surface area contributed by atoms with Crippen molar-refractivity contribution in [1.29, 1.82) is 0 Å². The van der Waals surface area contributed by atoms with Gasteiger partial charge in [0.15, 0.2) is 0 Å². The molecular weight excluding hydrogens is 314 g/mol. The van der Waals surface area contributed by atoms with E-state index in [-0.39, 0.29) is 18.7 Å². The van der Waals surface area contributed by atoms with Crippen molar-refractivity contribution in [2.24, 2.45) is 5.41 Å². The van der Waals surface area contributed by atoms with E-state index in [1.807, 2.05) is 12.1 Å². The number of benzene rings is 1. The first-order chi connectivity index (χ1) is 11.1. The van der Waals surface area contributed by atoms with Gasteiger partial charge in [0.2, 0.25) is 5.91 Å². The molecule has 122 valence electrons. The van der Waals surface area contributed by atoms with Crippen molar-refractivity contribution in [3.05, 3.63) is 18.2 Å². The Kier molecular flexibility index (Phi) is 4.56. The highest BCUT2D eigenvalue weighted by atomic mass is 32.1. The van der Waals surface area contributed by atoms with E-state index in [2.05, 4.69) is 14.1 Å². The van der Waals surface area contributed by atoms with Crippen LogP contribution >= 0.6 is 11.7 Å². The van der Waals surface area contributed by atoms with E-state index in [0.717, 1.165) is 49.3 Å². The highest BCUT2D eigenvalue weighted by molar-refractivity contribution is 7.00. The molecule has 1 aliphatic rings. The van der Waals surface area contributed by atoms with Crippen LogP contribution in [0.3, 0.4) is 0 Å². The number of anilines is 1. The van der Waals surface area contributed by atoms with Crippen molar-refractivity contribution in [2.75, 3.05) is 5.32 Å². The van der Waals surface area contributed by atoms with Gasteiger partial charge >= 0.3 is 0 Å². The quantitative estimate of drug-likeness (QED) is 0.905. The third-order valence-corrected chi connectivity index (χ3v) is 5.07. The normalized spacial score (nSPS) is 17.0. The van der Waals surface area contributed by atoms with Gasteiger partial charge in [0, 0.05) is 12.4 Å². The first kappa shape index (κ1) is 15.9. The summed E-state index contributed by atoms with van der Waals surface area (Å²) in [5.41, 5.74) is 1.56. The standard InChI is InChI=1S/C16H19N3O3S/c20-13(9-16(10-14(21)22)7-2-1-3-8-16)17-11-5-4-6-12-15(11)19-23-18-12/h4-6H,1-3,7-10H2,(H,17,20)(H,21,22)/p-1. The van der Waals surface area contributed by atoms with Crippen LogP contribution < -0.4 is 10.4 Å². The lowest BCUT2D eigenvalue weighted by atomic mass is 9.69. The fraction of sp³-hybridized carbons (Fsp3) is 0.500. The molecule has 1 saturated carbocycles. The van der Waals surface area contributed by atoms with E-state index >= 15 is 0 Å². The van der Waals surface area contributed by atoms with Gasteiger partial charge in [0.25, 0.3) is 0 Å². The molecule has 0 aliphatic heterocycles. The predicted octanol–water partition coefficient (Wildman–Crippen LogP) is 2.11. The number of carbonyl (C=O) groups is 2. The van der Waals surface area contributed by atoms with Gasteiger partial charge in [-0.15, -0.1) is 0 Å². The molecular formula is C16H18N3O3S-. The fourth-order valence-electron chi connectivity index (χ4n) is 3.47. The molecule has 2 aromatic rings. The highest BCUT2D eigenvalue weighted by Crippen LogP contribution is 2.42. The highest BCUT2D eigenvalue weighted by Gasteiger charge is 2.34. The lowest BCUT2D eigenvalue weighted by Gasteiger charge is -2.37. The summed E-state index contributed by atoms with van der Waals surface area (Å²) in [4.78, 5) is 23.6. The number of carboxylic acid groups (broad SMARTS) is 1. The number of amides is 1. The second-order valence-electron chi connectivity index (χ2n) is 6.27. The minimum atomic E-state index is -1.08. The number of carboxylic acids is 1. The van der Waals surface area contributed by atoms with Gasteiger partial charge < -0.3 is 15.2 Å². The Morgan fingerprint density at radius 1 is 1.17 bits per heavy atom. The maximum Gasteiger partial charge on any atom is 0.225 e. The summed E-state index contributed by atoms with van der Waals surface area (Å²) in [5.74, 6) is -1.25. The number of fused-ring (bicyclic) bond motifs is 1. The van der Waals surface area contributed by atoms with Crippen molar-refractivity contribution in [3.63, 3.8) is 0 Å². The molecule has 23 heavy (non-hydrogen) atoms. The van der Waals surface area contributed by atoms with Crippen molar-refractivity contribution < 1.29 is 14.7 Å². The molecule has 3 rings (SSSR count). The monoisotopic (exact) mass is 332 g/mol. The maximum absolute atomic E-state index is 12.5. The Morgan fingerprint density at radius 3 is 2.70 bits per heavy atom. The van der Waals surface area contributed by atoms with Crippen molar-refractivity contribution in [3.8, 4) is 0 Å². The lowest BCUT2D eigenvalue weighted by molar-refractivity contribution is -0.308. The molecule has 1 heterocycles. The molecule has 0 atom stereocenters. The maximum atomic E-state index is 12.5. The van der Waals surface area contributed by atoms with Gasteiger partial charge in [-0.2, -0.15) is 8.75 Å². The zero-order valence-electron chi connectivity index (χ0n) is 12.7. The Bertz CT molecular complexity index is 722. The number of nitrogens with one attached hydrogen (secondary N) is 1. The number of aliphatic carboxylic acids is 1. The van der Waals surface area contributed by atoms with Gasteiger partial charge in [-0.1, -0.05) is 25.3 Å². The largest absolute Gasteiger partial charge is 0.550 e. The van der Waals surface area contributed by atoms with Gasteiger partial charge in [-0.3, -0.25) is 4.79 Å². The smallest absolute Gasteiger partial charge is 0.225 e. The third-order valence-electron chi connectivity index (χ3n) is 4.53. The summed E-state index contributed by atoms with van der Waals surface area (Å²) in [5, 5.41) is 14.0. The second kappa shape index (κ2) is 6.62. The number of nitrogens with zero attached hydrogens (tertiary/aromatic N) is 2. The Morgan fingerprint density at radius 2 is 1.96 bits per heavy atom. The topological polar surface area (TPSA) is 95.0 Å². The van der Waals surface area contributed by atoms with E-state index in [4.69, 9.17) is 0 Å². The molecule has 0 bridgehead atoms. The first-order valence-corrected chi connectivity index (χ1v) is 8.52. The molecule has 1 aromatic carbocycles. The van der Waals surface area contributed by atoms with E-state index in [9.17, 15) is 14.7 Å². The van der Waals surface area contributed by atoms with Crippen LogP contribution in [-0.4, -0.2) is 20.6 Å². The van der Waals surface area contributed by atoms with Crippen LogP contribution in [0.2, 0.25) is 0 Å². The summed E-state index contributed by atoms with van der Waals surface area (Å²) >= 11 is 1.10. The molecule has 0 unspecified atom stereocenters. The van der Waals surface area contributed by atoms with Crippen LogP contribution in [0, 0.1) is 5.41 Å². The van der Waals surface area contributed by atoms with E-state index in [0.29, 0.717) is 11.2 Å². The van der Waals surface area contributed by atoms with Crippen molar-refractivity contribution in [1.82, 2.24) is 8.75 Å². The van der Waals surface area contributed by atoms with E-state index in [1.54, 1.807) is 6.07 Å². The molecule has 7 heteroatoms. The average Bonchev–Trinajstić information content (AvgIpc) is 2.96. The molecule has 1 aromatic heterocycles. The van der Waals surface area contributed by atoms with Crippen LogP contribution in [0.25, 0.3) is 11.0 Å². The molecule has 1 fully saturated rings. The van der Waals surface area contributed by atoms with Crippen LogP contribution in [-0.2, 0) is 9.59 Å². The zero-order chi connectivity index (χ0) is 16.3. The number of carbonyl (C=O) groups excluding carboxylic acids is 2. The Labute approximate surface area is 138 Å². The number of aromatic nitrogens is 2. The van der Waals surface area contributed by atoms with Crippen LogP contribution in [0.1, 0.15) is 44.9 Å². The lowest BCUT2D eigenvalue weighted by Crippen LogP contribution is -2.36. The SMILES string of the molecule is O=C([O-])CC1(CC(=O)Nc2cccc3nsnc23)CCCCC1. The number of hydrogen-bond donors (Lipinski definition) is 1. The summed E-state index contributed by atoms with van der Waals surface area (Å²) in [6, 6.07) is 5.44. The molecule has 1 aliphatic carbocycles. The van der Waals surface area contributed by atoms with Gasteiger partial charge in [-0.25, -0.2) is 0 Å². The summed E-state index contributed by atoms with van der Waals surface area (Å²) in [6.07, 6.45) is 4.70. The predicted molar refractivity (Wildman–Crippen MR) is 85.8 cm³/mol. The Balaban J connectivity index is 1.74. The van der Waals surface area contributed by atoms with Gasteiger partial charge in [-0.05, 0) is 36.8 Å². The van der Waals surface area contributed by atoms with Crippen LogP contribution in [0.4, 0.5) is 5.69 Å². The summed E-state index contributed by atoms with van der Waals surface area (Å²) in [7, 11) is 0. The minimum absolute atomic E-state index is 0.0527. The zero-order valence-corrected chi connectivity index (χ0v) is 13.5. The molecule has 6 nitrogen and oxygen atoms in total. The van der Waals surface area contributed by atoms with Crippen LogP contribution in [0.5, 0.6) is 0 Å². The van der Waals surface area contributed by atoms with E-state index < -0.39 is 11.4 Å². The summed E-state index contributed by atoms with van der Waals surface area (Å²) in [6.45, 7) is 0. The molecule has 0 spiro atoms. The van der Waals surface area contributed by atoms with E-state index in [1.165, 1.54) is 0 Å². The summed E-state index contributed by atoms with van der Waals surface area (Å²) < 4.78 is 8.34. The first-order valence-electron chi connectivity index (χ1n) is 7.79. The number of hydrogen-bond acceptors (Lipinski definition) is 6. The number of rotatable bonds is 5. The molecule has 0 saturated heterocycles. The molecule has 1 N–H and O–H groups in total.